The van der Waals surface area contributed by atoms with Crippen molar-refractivity contribution in [3.8, 4) is 0 Å². The van der Waals surface area contributed by atoms with Gasteiger partial charge in [0.25, 0.3) is 0 Å². The van der Waals surface area contributed by atoms with E-state index in [1.807, 2.05) is 0 Å². The summed E-state index contributed by atoms with van der Waals surface area (Å²) in [5.41, 5.74) is 0. The molecule has 0 spiro atoms. The Morgan fingerprint density at radius 2 is 0.520 bits per heavy atom. The van der Waals surface area contributed by atoms with Gasteiger partial charge in [-0.05, 0) is 161 Å². The largest absolute Gasteiger partial charge is 0.472 e. The Morgan fingerprint density at radius 1 is 0.290 bits per heavy atom. The van der Waals surface area contributed by atoms with E-state index >= 15 is 0 Å². The van der Waals surface area contributed by atoms with Crippen LogP contribution in [0.15, 0.2) is 158 Å². The lowest BCUT2D eigenvalue weighted by Gasteiger charge is -2.21. The molecule has 0 radical (unpaired) electrons. The molecule has 5 unspecified atom stereocenters. The molecule has 0 amide bonds. The van der Waals surface area contributed by atoms with Crippen molar-refractivity contribution in [3.05, 3.63) is 158 Å². The van der Waals surface area contributed by atoms with Crippen LogP contribution in [-0.2, 0) is 65.4 Å². The number of phosphoric ester groups is 2. The smallest absolute Gasteiger partial charge is 0.462 e. The Labute approximate surface area is 604 Å². The van der Waals surface area contributed by atoms with Crippen LogP contribution >= 0.6 is 15.6 Å². The molecule has 0 aromatic rings. The fraction of sp³-hybridized carbons (Fsp3) is 0.630. The van der Waals surface area contributed by atoms with Gasteiger partial charge in [0.15, 0.2) is 12.2 Å². The van der Waals surface area contributed by atoms with Crippen LogP contribution in [-0.4, -0.2) is 96.7 Å². The highest BCUT2D eigenvalue weighted by molar-refractivity contribution is 7.47. The van der Waals surface area contributed by atoms with Crippen LogP contribution in [0.4, 0.5) is 0 Å². The van der Waals surface area contributed by atoms with Crippen molar-refractivity contribution in [2.45, 2.75) is 290 Å². The third kappa shape index (κ3) is 71.1. The van der Waals surface area contributed by atoms with Gasteiger partial charge in [-0.1, -0.05) is 243 Å². The van der Waals surface area contributed by atoms with E-state index in [2.05, 4.69) is 186 Å². The number of phosphoric acid groups is 2. The zero-order valence-corrected chi connectivity index (χ0v) is 63.6. The maximum absolute atomic E-state index is 13.1. The highest BCUT2D eigenvalue weighted by atomic mass is 31.2. The van der Waals surface area contributed by atoms with E-state index in [0.29, 0.717) is 32.1 Å². The van der Waals surface area contributed by atoms with Crippen molar-refractivity contribution in [2.75, 3.05) is 39.6 Å². The number of aliphatic hydroxyl groups is 1. The summed E-state index contributed by atoms with van der Waals surface area (Å²) in [6, 6.07) is 0. The van der Waals surface area contributed by atoms with Crippen molar-refractivity contribution in [1.29, 1.82) is 0 Å². The molecule has 0 fully saturated rings. The number of hydrogen-bond donors (Lipinski definition) is 3. The van der Waals surface area contributed by atoms with E-state index in [0.717, 1.165) is 186 Å². The highest BCUT2D eigenvalue weighted by Crippen LogP contribution is 2.45. The zero-order valence-electron chi connectivity index (χ0n) is 61.8. The maximum atomic E-state index is 13.1. The van der Waals surface area contributed by atoms with E-state index in [4.69, 9.17) is 37.0 Å². The fourth-order valence-corrected chi connectivity index (χ4v) is 10.9. The van der Waals surface area contributed by atoms with E-state index in [-0.39, 0.29) is 25.7 Å². The predicted molar refractivity (Wildman–Crippen MR) is 408 cm³/mol. The third-order valence-electron chi connectivity index (χ3n) is 14.9. The predicted octanol–water partition coefficient (Wildman–Crippen LogP) is 21.7. The molecular weight excluding hydrogens is 1310 g/mol. The highest BCUT2D eigenvalue weighted by Gasteiger charge is 2.30. The molecule has 0 bridgehead atoms. The van der Waals surface area contributed by atoms with Gasteiger partial charge in [0.05, 0.1) is 26.4 Å². The van der Waals surface area contributed by atoms with Gasteiger partial charge in [-0.15, -0.1) is 0 Å². The molecular formula is C81H132O17P2. The average molecular weight is 1440 g/mol. The lowest BCUT2D eigenvalue weighted by Crippen LogP contribution is -2.30. The molecule has 0 aliphatic heterocycles. The molecule has 0 rings (SSSR count). The second-order valence-corrected chi connectivity index (χ2v) is 27.3. The molecule has 100 heavy (non-hydrogen) atoms. The molecule has 0 aliphatic carbocycles. The molecule has 0 saturated heterocycles. The van der Waals surface area contributed by atoms with Crippen molar-refractivity contribution in [1.82, 2.24) is 0 Å². The van der Waals surface area contributed by atoms with Gasteiger partial charge in [0, 0.05) is 25.7 Å². The normalized spacial score (nSPS) is 14.8. The van der Waals surface area contributed by atoms with Gasteiger partial charge in [0.2, 0.25) is 0 Å². The minimum absolute atomic E-state index is 0.0279. The lowest BCUT2D eigenvalue weighted by atomic mass is 10.1. The number of carbonyl (C=O) groups excluding carboxylic acids is 4. The molecule has 0 aromatic carbocycles. The maximum Gasteiger partial charge on any atom is 0.472 e. The van der Waals surface area contributed by atoms with Crippen molar-refractivity contribution in [2.24, 2.45) is 0 Å². The Bertz CT molecular complexity index is 2520. The number of hydrogen-bond acceptors (Lipinski definition) is 15. The van der Waals surface area contributed by atoms with Gasteiger partial charge in [0.1, 0.15) is 19.3 Å². The Morgan fingerprint density at radius 3 is 0.820 bits per heavy atom. The summed E-state index contributed by atoms with van der Waals surface area (Å²) in [7, 11) is -9.99. The second-order valence-electron chi connectivity index (χ2n) is 24.4. The molecule has 0 heterocycles. The van der Waals surface area contributed by atoms with Gasteiger partial charge in [-0.25, -0.2) is 9.13 Å². The quantitative estimate of drug-likeness (QED) is 0.0169. The SMILES string of the molecule is CC/C=C\C/C=C\C/C=C\C/C=C\CCCCC(=O)OCC(COP(=O)(O)OCC(O)COP(=O)(O)OCC(COC(=O)CCCCCCCCC/C=C\C/C=C\C/C=C\CC)OC(=O)CCCCCCC/C=C\C/C=C\CCC)OC(=O)CCCC/C=C\C/C=C\C/C=C\C/C=C\CC. The van der Waals surface area contributed by atoms with Gasteiger partial charge in [-0.3, -0.25) is 37.3 Å². The van der Waals surface area contributed by atoms with Crippen LogP contribution in [0.5, 0.6) is 0 Å². The number of esters is 4. The average Bonchev–Trinajstić information content (AvgIpc) is 0.988. The molecule has 568 valence electrons. The first-order valence-electron chi connectivity index (χ1n) is 37.7. The third-order valence-corrected chi connectivity index (χ3v) is 16.9. The number of unbranched alkanes of at least 4 members (excludes halogenated alkanes) is 17. The zero-order chi connectivity index (χ0) is 73.2. The number of ether oxygens (including phenoxy) is 4. The monoisotopic (exact) mass is 1440 g/mol. The molecule has 0 saturated carbocycles. The van der Waals surface area contributed by atoms with Gasteiger partial charge < -0.3 is 33.8 Å². The van der Waals surface area contributed by atoms with Crippen LogP contribution in [0, 0.1) is 0 Å². The van der Waals surface area contributed by atoms with Gasteiger partial charge in [-0.2, -0.15) is 0 Å². The topological polar surface area (TPSA) is 237 Å². The summed E-state index contributed by atoms with van der Waals surface area (Å²) in [5, 5.41) is 10.6. The van der Waals surface area contributed by atoms with E-state index in [9.17, 15) is 43.2 Å². The summed E-state index contributed by atoms with van der Waals surface area (Å²) in [6.45, 7) is 4.32. The van der Waals surface area contributed by atoms with Crippen molar-refractivity contribution in [3.63, 3.8) is 0 Å². The summed E-state index contributed by atoms with van der Waals surface area (Å²) in [4.78, 5) is 72.8. The Kier molecular flexibility index (Phi) is 68.2. The first-order chi connectivity index (χ1) is 48.7. The number of aliphatic hydroxyl groups excluding tert-OH is 1. The van der Waals surface area contributed by atoms with E-state index in [1.165, 1.54) is 0 Å². The van der Waals surface area contributed by atoms with Crippen molar-refractivity contribution >= 4 is 39.5 Å². The standard InChI is InChI=1S/C81H132O17P2/c1-5-9-13-17-21-25-29-33-36-37-40-43-46-50-54-58-62-66-79(84)92-71-76(97-80(85)67-63-59-55-51-47-41-32-28-24-20-16-12-8-4)73-95-99(87,88)93-69-75(82)70-94-100(89,90)96-74-77(98-81(86)68-64-60-56-52-48-44-39-35-31-27-23-19-15-11-7-3)72-91-78(83)65-61-57-53-49-45-42-38-34-30-26-22-18-14-10-6-2/h9-11,13-16,20-23,25-28,32-36,38-39,45,48-49,52,75-77,82H,5-8,12,17-19,24,29-31,37,40-44,46-47,50-51,53-74H2,1-4H3,(H,87,88)(H,89,90)/b13-9-,14-10-,15-11-,20-16-,25-21-,26-22-,27-23-,32-28-,36-33-,38-34-,39-35-,49-45-,52-48-. The Balaban J connectivity index is 5.44. The van der Waals surface area contributed by atoms with Crippen molar-refractivity contribution < 1.29 is 80.2 Å². The minimum atomic E-state index is -5.00. The molecule has 17 nitrogen and oxygen atoms in total. The molecule has 3 N–H and O–H groups in total. The van der Waals surface area contributed by atoms with E-state index in [1.54, 1.807) is 0 Å². The van der Waals surface area contributed by atoms with Crippen LogP contribution in [0.25, 0.3) is 0 Å². The summed E-state index contributed by atoms with van der Waals surface area (Å²) >= 11 is 0. The van der Waals surface area contributed by atoms with E-state index < -0.39 is 97.5 Å². The van der Waals surface area contributed by atoms with Crippen LogP contribution < -0.4 is 0 Å². The molecule has 5 atom stereocenters. The molecule has 0 aromatic heterocycles. The van der Waals surface area contributed by atoms with Gasteiger partial charge >= 0.3 is 39.5 Å². The number of allylic oxidation sites excluding steroid dienone is 26. The first kappa shape index (κ1) is 94.7. The first-order valence-corrected chi connectivity index (χ1v) is 40.7. The molecule has 0 aliphatic rings. The summed E-state index contributed by atoms with van der Waals surface area (Å²) in [5.74, 6) is -2.31. The summed E-state index contributed by atoms with van der Waals surface area (Å²) in [6.07, 6.45) is 82.5. The lowest BCUT2D eigenvalue weighted by molar-refractivity contribution is -0.161. The summed E-state index contributed by atoms with van der Waals surface area (Å²) < 4.78 is 68.4. The fourth-order valence-electron chi connectivity index (χ4n) is 9.31. The van der Waals surface area contributed by atoms with Crippen LogP contribution in [0.3, 0.4) is 0 Å². The van der Waals surface area contributed by atoms with Crippen LogP contribution in [0.1, 0.15) is 272 Å². The minimum Gasteiger partial charge on any atom is -0.462 e. The van der Waals surface area contributed by atoms with Crippen LogP contribution in [0.2, 0.25) is 0 Å². The number of rotatable bonds is 69. The number of carbonyl (C=O) groups is 4. The Hall–Kier alpha value is -5.32. The second kappa shape index (κ2) is 72.0. The molecule has 19 heteroatoms.